The lowest BCUT2D eigenvalue weighted by Crippen LogP contribution is -2.39. The molecule has 0 amide bonds. The Morgan fingerprint density at radius 2 is 2.00 bits per heavy atom. The zero-order valence-corrected chi connectivity index (χ0v) is 10.7. The average Bonchev–Trinajstić information content (AvgIpc) is 2.32. The Kier molecular flexibility index (Phi) is 3.95. The van der Waals surface area contributed by atoms with Gasteiger partial charge in [-0.05, 0) is 11.5 Å². The number of rotatable bonds is 3. The van der Waals surface area contributed by atoms with Crippen molar-refractivity contribution in [2.24, 2.45) is 5.92 Å². The van der Waals surface area contributed by atoms with Crippen molar-refractivity contribution in [2.75, 3.05) is 13.1 Å². The topological polar surface area (TPSA) is 20.3 Å². The Morgan fingerprint density at radius 3 is 2.65 bits per heavy atom. The van der Waals surface area contributed by atoms with Gasteiger partial charge in [-0.2, -0.15) is 0 Å². The van der Waals surface area contributed by atoms with Crippen molar-refractivity contribution >= 4 is 5.78 Å². The highest BCUT2D eigenvalue weighted by Crippen LogP contribution is 2.29. The molecule has 0 radical (unpaired) electrons. The van der Waals surface area contributed by atoms with Crippen LogP contribution in [0.4, 0.5) is 0 Å². The normalized spacial score (nSPS) is 22.1. The van der Waals surface area contributed by atoms with Gasteiger partial charge in [-0.25, -0.2) is 0 Å². The second kappa shape index (κ2) is 5.46. The SMILES string of the molecule is CC(C)CN1CCC(=O)CC1c1ccccc1. The zero-order valence-electron chi connectivity index (χ0n) is 10.7. The fraction of sp³-hybridized carbons (Fsp3) is 0.533. The second-order valence-corrected chi connectivity index (χ2v) is 5.31. The highest BCUT2D eigenvalue weighted by molar-refractivity contribution is 5.80. The van der Waals surface area contributed by atoms with Crippen LogP contribution in [0.3, 0.4) is 0 Å². The quantitative estimate of drug-likeness (QED) is 0.797. The van der Waals surface area contributed by atoms with Crippen LogP contribution in [-0.2, 0) is 4.79 Å². The molecule has 1 aliphatic rings. The maximum atomic E-state index is 11.7. The number of hydrogen-bond donors (Lipinski definition) is 0. The summed E-state index contributed by atoms with van der Waals surface area (Å²) in [7, 11) is 0. The van der Waals surface area contributed by atoms with Gasteiger partial charge >= 0.3 is 0 Å². The van der Waals surface area contributed by atoms with Crippen LogP contribution in [0, 0.1) is 5.92 Å². The third-order valence-corrected chi connectivity index (χ3v) is 3.32. The molecule has 2 rings (SSSR count). The van der Waals surface area contributed by atoms with Gasteiger partial charge in [0.15, 0.2) is 0 Å². The van der Waals surface area contributed by atoms with Gasteiger partial charge in [0, 0.05) is 32.0 Å². The standard InChI is InChI=1S/C15H21NO/c1-12(2)11-16-9-8-14(17)10-15(16)13-6-4-3-5-7-13/h3-7,12,15H,8-11H2,1-2H3. The van der Waals surface area contributed by atoms with Gasteiger partial charge in [0.05, 0.1) is 0 Å². The van der Waals surface area contributed by atoms with Crippen LogP contribution in [0.15, 0.2) is 30.3 Å². The maximum absolute atomic E-state index is 11.7. The Morgan fingerprint density at radius 1 is 1.29 bits per heavy atom. The van der Waals surface area contributed by atoms with Crippen LogP contribution in [0.5, 0.6) is 0 Å². The summed E-state index contributed by atoms with van der Waals surface area (Å²) < 4.78 is 0. The summed E-state index contributed by atoms with van der Waals surface area (Å²) in [6.07, 6.45) is 1.40. The molecular weight excluding hydrogens is 210 g/mol. The Balaban J connectivity index is 2.17. The fourth-order valence-electron chi connectivity index (χ4n) is 2.56. The molecule has 1 aromatic carbocycles. The first-order chi connectivity index (χ1) is 8.16. The van der Waals surface area contributed by atoms with E-state index in [1.165, 1.54) is 5.56 Å². The number of carbonyl (C=O) groups excluding carboxylic acids is 1. The highest BCUT2D eigenvalue weighted by Gasteiger charge is 2.28. The van der Waals surface area contributed by atoms with E-state index >= 15 is 0 Å². The van der Waals surface area contributed by atoms with Crippen molar-refractivity contribution in [1.82, 2.24) is 4.90 Å². The van der Waals surface area contributed by atoms with E-state index < -0.39 is 0 Å². The van der Waals surface area contributed by atoms with Crippen LogP contribution in [0.1, 0.15) is 38.3 Å². The second-order valence-electron chi connectivity index (χ2n) is 5.31. The molecule has 0 bridgehead atoms. The molecule has 17 heavy (non-hydrogen) atoms. The minimum Gasteiger partial charge on any atom is -0.300 e. The summed E-state index contributed by atoms with van der Waals surface area (Å²) >= 11 is 0. The molecule has 2 nitrogen and oxygen atoms in total. The molecule has 0 aromatic heterocycles. The van der Waals surface area contributed by atoms with E-state index in [1.54, 1.807) is 0 Å². The van der Waals surface area contributed by atoms with E-state index in [4.69, 9.17) is 0 Å². The number of Topliss-reactive ketones (excluding diaryl/α,β-unsaturated/α-hetero) is 1. The van der Waals surface area contributed by atoms with E-state index in [0.29, 0.717) is 24.2 Å². The lowest BCUT2D eigenvalue weighted by molar-refractivity contribution is -0.123. The third kappa shape index (κ3) is 3.16. The summed E-state index contributed by atoms with van der Waals surface area (Å²) in [6, 6.07) is 10.7. The van der Waals surface area contributed by atoms with Gasteiger partial charge in [-0.15, -0.1) is 0 Å². The van der Waals surface area contributed by atoms with E-state index in [2.05, 4.69) is 43.0 Å². The van der Waals surface area contributed by atoms with Crippen LogP contribution >= 0.6 is 0 Å². The first-order valence-electron chi connectivity index (χ1n) is 6.47. The van der Waals surface area contributed by atoms with Crippen LogP contribution in [0.25, 0.3) is 0 Å². The summed E-state index contributed by atoms with van der Waals surface area (Å²) in [6.45, 7) is 6.46. The fourth-order valence-corrected chi connectivity index (χ4v) is 2.56. The van der Waals surface area contributed by atoms with Crippen LogP contribution < -0.4 is 0 Å². The van der Waals surface area contributed by atoms with E-state index in [9.17, 15) is 4.79 Å². The van der Waals surface area contributed by atoms with Crippen molar-refractivity contribution < 1.29 is 4.79 Å². The molecule has 1 aromatic rings. The molecular formula is C15H21NO. The predicted molar refractivity (Wildman–Crippen MR) is 69.8 cm³/mol. The van der Waals surface area contributed by atoms with Gasteiger partial charge in [0.1, 0.15) is 5.78 Å². The van der Waals surface area contributed by atoms with Gasteiger partial charge in [-0.3, -0.25) is 9.69 Å². The molecule has 92 valence electrons. The van der Waals surface area contributed by atoms with Gasteiger partial charge in [0.25, 0.3) is 0 Å². The molecule has 0 aliphatic carbocycles. The minimum absolute atomic E-state index is 0.292. The zero-order chi connectivity index (χ0) is 12.3. The number of ketones is 1. The van der Waals surface area contributed by atoms with Crippen molar-refractivity contribution in [2.45, 2.75) is 32.7 Å². The summed E-state index contributed by atoms with van der Waals surface area (Å²) in [5.41, 5.74) is 1.28. The first kappa shape index (κ1) is 12.3. The van der Waals surface area contributed by atoms with Crippen LogP contribution in [0.2, 0.25) is 0 Å². The molecule has 0 saturated carbocycles. The van der Waals surface area contributed by atoms with Gasteiger partial charge in [-0.1, -0.05) is 44.2 Å². The smallest absolute Gasteiger partial charge is 0.136 e. The number of nitrogens with zero attached hydrogens (tertiary/aromatic N) is 1. The number of hydrogen-bond acceptors (Lipinski definition) is 2. The minimum atomic E-state index is 0.292. The number of piperidine rings is 1. The molecule has 1 fully saturated rings. The lowest BCUT2D eigenvalue weighted by Gasteiger charge is -2.36. The van der Waals surface area contributed by atoms with Crippen molar-refractivity contribution in [3.63, 3.8) is 0 Å². The molecule has 0 N–H and O–H groups in total. The summed E-state index contributed by atoms with van der Waals surface area (Å²) in [5.74, 6) is 1.05. The maximum Gasteiger partial charge on any atom is 0.136 e. The molecule has 1 unspecified atom stereocenters. The largest absolute Gasteiger partial charge is 0.300 e. The van der Waals surface area contributed by atoms with Gasteiger partial charge in [0.2, 0.25) is 0 Å². The Bertz CT molecular complexity index is 372. The monoisotopic (exact) mass is 231 g/mol. The third-order valence-electron chi connectivity index (χ3n) is 3.32. The molecule has 2 heteroatoms. The molecule has 1 heterocycles. The molecule has 1 atom stereocenters. The predicted octanol–water partition coefficient (Wildman–Crippen LogP) is 3.05. The molecule has 0 spiro atoms. The highest BCUT2D eigenvalue weighted by atomic mass is 16.1. The first-order valence-corrected chi connectivity index (χ1v) is 6.47. The number of carbonyl (C=O) groups is 1. The molecule has 1 aliphatic heterocycles. The van der Waals surface area contributed by atoms with E-state index in [-0.39, 0.29) is 0 Å². The number of benzene rings is 1. The van der Waals surface area contributed by atoms with Crippen molar-refractivity contribution in [1.29, 1.82) is 0 Å². The molecule has 1 saturated heterocycles. The average molecular weight is 231 g/mol. The van der Waals surface area contributed by atoms with E-state index in [0.717, 1.165) is 19.5 Å². The Hall–Kier alpha value is -1.15. The summed E-state index contributed by atoms with van der Waals surface area (Å²) in [5, 5.41) is 0. The van der Waals surface area contributed by atoms with Crippen LogP contribution in [-0.4, -0.2) is 23.8 Å². The lowest BCUT2D eigenvalue weighted by atomic mass is 9.93. The van der Waals surface area contributed by atoms with Crippen molar-refractivity contribution in [3.05, 3.63) is 35.9 Å². The number of likely N-dealkylation sites (tertiary alicyclic amines) is 1. The summed E-state index contributed by atoms with van der Waals surface area (Å²) in [4.78, 5) is 14.1. The van der Waals surface area contributed by atoms with Crippen molar-refractivity contribution in [3.8, 4) is 0 Å². The van der Waals surface area contributed by atoms with E-state index in [1.807, 2.05) is 6.07 Å². The van der Waals surface area contributed by atoms with Gasteiger partial charge < -0.3 is 0 Å². The Labute approximate surface area is 104 Å².